The molecule has 0 saturated carbocycles. The van der Waals surface area contributed by atoms with Gasteiger partial charge in [0.05, 0.1) is 32.7 Å². The van der Waals surface area contributed by atoms with Crippen LogP contribution in [0.5, 0.6) is 0 Å². The maximum atomic E-state index is 12.2. The molecule has 1 aromatic heterocycles. The van der Waals surface area contributed by atoms with E-state index < -0.39 is 0 Å². The minimum atomic E-state index is -0.378. The number of ether oxygens (including phenoxy) is 1. The van der Waals surface area contributed by atoms with Gasteiger partial charge in [0.15, 0.2) is 10.4 Å². The number of amides is 2. The Balaban J connectivity index is 1.38. The quantitative estimate of drug-likeness (QED) is 0.709. The summed E-state index contributed by atoms with van der Waals surface area (Å²) in [4.78, 5) is 27.4. The molecule has 0 aliphatic carbocycles. The second-order valence-electron chi connectivity index (χ2n) is 6.26. The van der Waals surface area contributed by atoms with Gasteiger partial charge in [0.25, 0.3) is 5.91 Å². The van der Waals surface area contributed by atoms with Crippen molar-refractivity contribution in [3.05, 3.63) is 22.6 Å². The number of furan rings is 1. The predicted octanol–water partition coefficient (Wildman–Crippen LogP) is -0.322. The largest absolute Gasteiger partial charge is 0.444 e. The number of carbonyl (C=O) groups excluding carboxylic acids is 2. The SMILES string of the molecule is O=C(NCC(=O)N1CC[NH+](C[C@@H]2CCCO2)CC1)c1ccc(Br)o1. The van der Waals surface area contributed by atoms with Crippen LogP contribution in [-0.2, 0) is 9.53 Å². The van der Waals surface area contributed by atoms with E-state index in [9.17, 15) is 9.59 Å². The van der Waals surface area contributed by atoms with E-state index in [-0.39, 0.29) is 24.1 Å². The second-order valence-corrected chi connectivity index (χ2v) is 7.04. The van der Waals surface area contributed by atoms with E-state index in [1.807, 2.05) is 4.90 Å². The highest BCUT2D eigenvalue weighted by molar-refractivity contribution is 9.10. The van der Waals surface area contributed by atoms with Crippen LogP contribution in [0.4, 0.5) is 0 Å². The van der Waals surface area contributed by atoms with Crippen molar-refractivity contribution >= 4 is 27.7 Å². The summed E-state index contributed by atoms with van der Waals surface area (Å²) in [7, 11) is 0. The summed E-state index contributed by atoms with van der Waals surface area (Å²) in [5.74, 6) is -0.234. The third-order valence-electron chi connectivity index (χ3n) is 4.56. The Bertz CT molecular complexity index is 578. The van der Waals surface area contributed by atoms with Crippen LogP contribution in [-0.4, -0.2) is 68.7 Å². The number of hydrogen-bond acceptors (Lipinski definition) is 4. The van der Waals surface area contributed by atoms with E-state index in [1.54, 1.807) is 12.1 Å². The Kier molecular flexibility index (Phi) is 5.91. The Morgan fingerprint density at radius 2 is 2.12 bits per heavy atom. The standard InChI is InChI=1S/C16H22BrN3O4/c17-14-4-3-13(24-14)16(22)18-10-15(21)20-7-5-19(6-8-20)11-12-2-1-9-23-12/h3-4,12H,1-2,5-11H2,(H,18,22)/p+1/t12-/m0/s1. The second kappa shape index (κ2) is 8.13. The van der Waals surface area contributed by atoms with E-state index in [4.69, 9.17) is 9.15 Å². The molecule has 0 unspecified atom stereocenters. The van der Waals surface area contributed by atoms with Crippen molar-refractivity contribution in [1.29, 1.82) is 0 Å². The molecule has 0 aromatic carbocycles. The van der Waals surface area contributed by atoms with Crippen molar-refractivity contribution in [1.82, 2.24) is 10.2 Å². The molecule has 7 nitrogen and oxygen atoms in total. The lowest BCUT2D eigenvalue weighted by Crippen LogP contribution is -3.15. The number of piperazine rings is 1. The number of nitrogens with one attached hydrogen (secondary N) is 2. The topological polar surface area (TPSA) is 76.2 Å². The molecule has 1 atom stereocenters. The molecule has 2 aliphatic rings. The summed E-state index contributed by atoms with van der Waals surface area (Å²) in [5, 5.41) is 2.61. The van der Waals surface area contributed by atoms with E-state index in [2.05, 4.69) is 21.2 Å². The highest BCUT2D eigenvalue weighted by atomic mass is 79.9. The fourth-order valence-electron chi connectivity index (χ4n) is 3.19. The lowest BCUT2D eigenvalue weighted by molar-refractivity contribution is -0.906. The van der Waals surface area contributed by atoms with Crippen molar-refractivity contribution in [2.24, 2.45) is 0 Å². The molecule has 2 fully saturated rings. The fraction of sp³-hybridized carbons (Fsp3) is 0.625. The highest BCUT2D eigenvalue weighted by Crippen LogP contribution is 2.13. The van der Waals surface area contributed by atoms with Gasteiger partial charge in [-0.05, 0) is 40.9 Å². The van der Waals surface area contributed by atoms with Gasteiger partial charge in [-0.15, -0.1) is 0 Å². The molecule has 0 spiro atoms. The summed E-state index contributed by atoms with van der Waals surface area (Å²) < 4.78 is 11.3. The molecular weight excluding hydrogens is 378 g/mol. The molecule has 132 valence electrons. The Morgan fingerprint density at radius 3 is 2.75 bits per heavy atom. The molecule has 0 bridgehead atoms. The minimum Gasteiger partial charge on any atom is -0.444 e. The summed E-state index contributed by atoms with van der Waals surface area (Å²) in [6, 6.07) is 3.21. The molecule has 3 rings (SSSR count). The van der Waals surface area contributed by atoms with Crippen molar-refractivity contribution in [3.63, 3.8) is 0 Å². The number of rotatable bonds is 5. The van der Waals surface area contributed by atoms with E-state index >= 15 is 0 Å². The van der Waals surface area contributed by atoms with Gasteiger partial charge in [0.2, 0.25) is 5.91 Å². The number of hydrogen-bond donors (Lipinski definition) is 2. The molecule has 3 heterocycles. The molecule has 2 aliphatic heterocycles. The number of carbonyl (C=O) groups is 2. The molecule has 2 N–H and O–H groups in total. The maximum Gasteiger partial charge on any atom is 0.287 e. The molecule has 8 heteroatoms. The van der Waals surface area contributed by atoms with Crippen LogP contribution in [0.3, 0.4) is 0 Å². The summed E-state index contributed by atoms with van der Waals surface area (Å²) >= 11 is 3.15. The van der Waals surface area contributed by atoms with Crippen molar-refractivity contribution in [3.8, 4) is 0 Å². The van der Waals surface area contributed by atoms with Crippen LogP contribution in [0, 0.1) is 0 Å². The van der Waals surface area contributed by atoms with Crippen molar-refractivity contribution in [2.45, 2.75) is 18.9 Å². The lowest BCUT2D eigenvalue weighted by Gasteiger charge is -2.33. The number of quaternary nitrogens is 1. The zero-order valence-electron chi connectivity index (χ0n) is 13.6. The third-order valence-corrected chi connectivity index (χ3v) is 4.99. The van der Waals surface area contributed by atoms with Crippen LogP contribution in [0.2, 0.25) is 0 Å². The van der Waals surface area contributed by atoms with Crippen LogP contribution in [0.15, 0.2) is 21.2 Å². The summed E-state index contributed by atoms with van der Waals surface area (Å²) in [6.45, 7) is 5.24. The van der Waals surface area contributed by atoms with Crippen molar-refractivity contribution in [2.75, 3.05) is 45.9 Å². The van der Waals surface area contributed by atoms with Gasteiger partial charge >= 0.3 is 0 Å². The summed E-state index contributed by atoms with van der Waals surface area (Å²) in [5.41, 5.74) is 0. The first-order valence-electron chi connectivity index (χ1n) is 8.38. The average Bonchev–Trinajstić information content (AvgIpc) is 3.24. The molecule has 24 heavy (non-hydrogen) atoms. The normalized spacial score (nSPS) is 21.9. The van der Waals surface area contributed by atoms with E-state index in [0.717, 1.165) is 52.2 Å². The Morgan fingerprint density at radius 1 is 1.33 bits per heavy atom. The monoisotopic (exact) mass is 400 g/mol. The van der Waals surface area contributed by atoms with Gasteiger partial charge in [0, 0.05) is 6.61 Å². The first-order chi connectivity index (χ1) is 11.6. The van der Waals surface area contributed by atoms with Crippen LogP contribution in [0.1, 0.15) is 23.4 Å². The van der Waals surface area contributed by atoms with Crippen LogP contribution >= 0.6 is 15.9 Å². The summed E-state index contributed by atoms with van der Waals surface area (Å²) in [6.07, 6.45) is 2.70. The van der Waals surface area contributed by atoms with Gasteiger partial charge in [-0.3, -0.25) is 9.59 Å². The van der Waals surface area contributed by atoms with Crippen LogP contribution in [0.25, 0.3) is 0 Å². The van der Waals surface area contributed by atoms with Gasteiger partial charge in [-0.2, -0.15) is 0 Å². The smallest absolute Gasteiger partial charge is 0.287 e. The molecule has 2 saturated heterocycles. The molecule has 0 radical (unpaired) electrons. The van der Waals surface area contributed by atoms with Gasteiger partial charge in [-0.25, -0.2) is 0 Å². The fourth-order valence-corrected chi connectivity index (χ4v) is 3.50. The van der Waals surface area contributed by atoms with Crippen LogP contribution < -0.4 is 10.2 Å². The first kappa shape index (κ1) is 17.4. The molecule has 2 amide bonds. The zero-order valence-corrected chi connectivity index (χ0v) is 15.1. The zero-order chi connectivity index (χ0) is 16.9. The lowest BCUT2D eigenvalue weighted by atomic mass is 10.2. The van der Waals surface area contributed by atoms with Crippen molar-refractivity contribution < 1.29 is 23.6 Å². The van der Waals surface area contributed by atoms with Gasteiger partial charge in [-0.1, -0.05) is 0 Å². The average molecular weight is 401 g/mol. The van der Waals surface area contributed by atoms with Gasteiger partial charge < -0.3 is 24.3 Å². The minimum absolute atomic E-state index is 0.00176. The predicted molar refractivity (Wildman–Crippen MR) is 89.9 cm³/mol. The Labute approximate surface area is 149 Å². The third kappa shape index (κ3) is 4.58. The number of halogens is 1. The molecule has 1 aromatic rings. The van der Waals surface area contributed by atoms with E-state index in [1.165, 1.54) is 4.90 Å². The molecular formula is C16H23BrN3O4+. The van der Waals surface area contributed by atoms with E-state index in [0.29, 0.717) is 10.8 Å². The Hall–Kier alpha value is -1.38. The maximum absolute atomic E-state index is 12.2. The van der Waals surface area contributed by atoms with Gasteiger partial charge in [0.1, 0.15) is 12.6 Å². The first-order valence-corrected chi connectivity index (χ1v) is 9.17. The highest BCUT2D eigenvalue weighted by Gasteiger charge is 2.27. The number of nitrogens with zero attached hydrogens (tertiary/aromatic N) is 1.